The molecule has 3 aromatic rings. The molecule has 1 fully saturated rings. The smallest absolute Gasteiger partial charge is 0.258 e. The zero-order valence-electron chi connectivity index (χ0n) is 17.8. The van der Waals surface area contributed by atoms with E-state index in [0.29, 0.717) is 24.3 Å². The molecule has 32 heavy (non-hydrogen) atoms. The second kappa shape index (κ2) is 8.78. The van der Waals surface area contributed by atoms with Crippen molar-refractivity contribution < 1.29 is 9.59 Å². The van der Waals surface area contributed by atoms with Crippen molar-refractivity contribution in [3.05, 3.63) is 78.2 Å². The van der Waals surface area contributed by atoms with Crippen LogP contribution in [0.5, 0.6) is 0 Å². The van der Waals surface area contributed by atoms with Gasteiger partial charge in [-0.15, -0.1) is 0 Å². The molecule has 0 aliphatic carbocycles. The maximum absolute atomic E-state index is 13.0. The molecule has 2 amide bonds. The molecule has 7 nitrogen and oxygen atoms in total. The maximum Gasteiger partial charge on any atom is 0.258 e. The SMILES string of the molecule is O=C(Nc1ccc(C(=O)N2CCc3ccccc32)cc1)C1CCCN(c2cnccn2)C1. The van der Waals surface area contributed by atoms with Crippen LogP contribution in [0, 0.1) is 5.92 Å². The van der Waals surface area contributed by atoms with Crippen molar-refractivity contribution in [3.63, 3.8) is 0 Å². The van der Waals surface area contributed by atoms with Gasteiger partial charge in [0.15, 0.2) is 0 Å². The van der Waals surface area contributed by atoms with E-state index in [1.807, 2.05) is 23.1 Å². The third-order valence-electron chi connectivity index (χ3n) is 6.20. The maximum atomic E-state index is 13.0. The Morgan fingerprint density at radius 3 is 2.66 bits per heavy atom. The largest absolute Gasteiger partial charge is 0.355 e. The molecule has 1 saturated heterocycles. The van der Waals surface area contributed by atoms with Crippen LogP contribution >= 0.6 is 0 Å². The molecule has 5 rings (SSSR count). The van der Waals surface area contributed by atoms with Gasteiger partial charge in [-0.1, -0.05) is 18.2 Å². The van der Waals surface area contributed by atoms with Crippen LogP contribution in [0.4, 0.5) is 17.2 Å². The summed E-state index contributed by atoms with van der Waals surface area (Å²) in [5, 5.41) is 3.01. The van der Waals surface area contributed by atoms with Crippen molar-refractivity contribution in [2.75, 3.05) is 34.8 Å². The highest BCUT2D eigenvalue weighted by molar-refractivity contribution is 6.07. The minimum absolute atomic E-state index is 0.00821. The molecule has 2 aromatic carbocycles. The Bertz CT molecular complexity index is 1120. The summed E-state index contributed by atoms with van der Waals surface area (Å²) in [6.07, 6.45) is 7.70. The summed E-state index contributed by atoms with van der Waals surface area (Å²) in [6, 6.07) is 15.2. The summed E-state index contributed by atoms with van der Waals surface area (Å²) in [4.78, 5) is 38.3. The molecule has 1 unspecified atom stereocenters. The van der Waals surface area contributed by atoms with Crippen LogP contribution < -0.4 is 15.1 Å². The van der Waals surface area contributed by atoms with Gasteiger partial charge in [0, 0.05) is 49.0 Å². The number of anilines is 3. The highest BCUT2D eigenvalue weighted by Gasteiger charge is 2.27. The Morgan fingerprint density at radius 2 is 1.84 bits per heavy atom. The number of piperidine rings is 1. The number of carbonyl (C=O) groups is 2. The first kappa shape index (κ1) is 20.2. The van der Waals surface area contributed by atoms with E-state index in [2.05, 4.69) is 26.3 Å². The van der Waals surface area contributed by atoms with Crippen LogP contribution in [0.15, 0.2) is 67.1 Å². The Balaban J connectivity index is 1.22. The van der Waals surface area contributed by atoms with E-state index >= 15 is 0 Å². The van der Waals surface area contributed by atoms with Gasteiger partial charge in [-0.25, -0.2) is 4.98 Å². The summed E-state index contributed by atoms with van der Waals surface area (Å²) in [5.41, 5.74) is 3.50. The molecular weight excluding hydrogens is 402 g/mol. The molecule has 0 spiro atoms. The Hall–Kier alpha value is -3.74. The number of nitrogens with one attached hydrogen (secondary N) is 1. The average molecular weight is 428 g/mol. The van der Waals surface area contributed by atoms with Gasteiger partial charge in [0.2, 0.25) is 5.91 Å². The lowest BCUT2D eigenvalue weighted by Gasteiger charge is -2.32. The van der Waals surface area contributed by atoms with Crippen molar-refractivity contribution in [3.8, 4) is 0 Å². The molecule has 2 aliphatic rings. The van der Waals surface area contributed by atoms with Crippen LogP contribution in [0.3, 0.4) is 0 Å². The van der Waals surface area contributed by atoms with Crippen LogP contribution in [0.25, 0.3) is 0 Å². The van der Waals surface area contributed by atoms with Gasteiger partial charge >= 0.3 is 0 Å². The third kappa shape index (κ3) is 4.06. The Labute approximate surface area is 187 Å². The van der Waals surface area contributed by atoms with Crippen molar-refractivity contribution >= 4 is 29.0 Å². The molecule has 1 N–H and O–H groups in total. The zero-order valence-corrected chi connectivity index (χ0v) is 17.8. The van der Waals surface area contributed by atoms with E-state index < -0.39 is 0 Å². The average Bonchev–Trinajstić information content (AvgIpc) is 3.29. The summed E-state index contributed by atoms with van der Waals surface area (Å²) in [7, 11) is 0. The van der Waals surface area contributed by atoms with Gasteiger partial charge in [-0.3, -0.25) is 14.6 Å². The quantitative estimate of drug-likeness (QED) is 0.689. The summed E-state index contributed by atoms with van der Waals surface area (Å²) in [5.74, 6) is 0.662. The Kier molecular flexibility index (Phi) is 5.54. The molecular formula is C25H25N5O2. The molecule has 1 atom stereocenters. The Morgan fingerprint density at radius 1 is 1.00 bits per heavy atom. The van der Waals surface area contributed by atoms with Crippen molar-refractivity contribution in [2.24, 2.45) is 5.92 Å². The molecule has 3 heterocycles. The molecule has 0 bridgehead atoms. The number of carbonyl (C=O) groups excluding carboxylic acids is 2. The number of para-hydroxylation sites is 1. The first-order chi connectivity index (χ1) is 15.7. The number of benzene rings is 2. The molecule has 162 valence electrons. The number of amides is 2. The first-order valence-electron chi connectivity index (χ1n) is 11.0. The van der Waals surface area contributed by atoms with Gasteiger partial charge in [0.25, 0.3) is 5.91 Å². The molecule has 0 radical (unpaired) electrons. The van der Waals surface area contributed by atoms with Crippen LogP contribution in [0.1, 0.15) is 28.8 Å². The minimum Gasteiger partial charge on any atom is -0.355 e. The van der Waals surface area contributed by atoms with Crippen molar-refractivity contribution in [2.45, 2.75) is 19.3 Å². The second-order valence-corrected chi connectivity index (χ2v) is 8.25. The number of hydrogen-bond donors (Lipinski definition) is 1. The number of fused-ring (bicyclic) bond motifs is 1. The lowest BCUT2D eigenvalue weighted by molar-refractivity contribution is -0.120. The van der Waals surface area contributed by atoms with E-state index in [1.54, 1.807) is 42.9 Å². The topological polar surface area (TPSA) is 78.4 Å². The lowest BCUT2D eigenvalue weighted by atomic mass is 9.97. The highest BCUT2D eigenvalue weighted by Crippen LogP contribution is 2.29. The molecule has 0 saturated carbocycles. The zero-order chi connectivity index (χ0) is 21.9. The number of rotatable bonds is 4. The van der Waals surface area contributed by atoms with Crippen LogP contribution in [-0.4, -0.2) is 41.4 Å². The van der Waals surface area contributed by atoms with E-state index in [9.17, 15) is 9.59 Å². The highest BCUT2D eigenvalue weighted by atomic mass is 16.2. The second-order valence-electron chi connectivity index (χ2n) is 8.25. The van der Waals surface area contributed by atoms with Gasteiger partial charge in [-0.05, 0) is 55.2 Å². The standard InChI is InChI=1S/C25H25N5O2/c31-24(20-5-3-14-29(17-20)23-16-26-12-13-27-23)28-21-9-7-19(8-10-21)25(32)30-15-11-18-4-1-2-6-22(18)30/h1-2,4,6-10,12-13,16,20H,3,5,11,14-15,17H2,(H,28,31). The third-order valence-corrected chi connectivity index (χ3v) is 6.20. The molecule has 7 heteroatoms. The predicted molar refractivity (Wildman–Crippen MR) is 124 cm³/mol. The van der Waals surface area contributed by atoms with Crippen LogP contribution in [0.2, 0.25) is 0 Å². The number of hydrogen-bond acceptors (Lipinski definition) is 5. The normalized spacial score (nSPS) is 17.7. The lowest BCUT2D eigenvalue weighted by Crippen LogP contribution is -2.41. The van der Waals surface area contributed by atoms with Gasteiger partial charge in [0.1, 0.15) is 5.82 Å². The van der Waals surface area contributed by atoms with Crippen LogP contribution in [-0.2, 0) is 11.2 Å². The number of nitrogens with zero attached hydrogens (tertiary/aromatic N) is 4. The van der Waals surface area contributed by atoms with Crippen molar-refractivity contribution in [1.29, 1.82) is 0 Å². The van der Waals surface area contributed by atoms with Gasteiger partial charge < -0.3 is 15.1 Å². The van der Waals surface area contributed by atoms with Crippen molar-refractivity contribution in [1.82, 2.24) is 9.97 Å². The summed E-state index contributed by atoms with van der Waals surface area (Å²) < 4.78 is 0. The fourth-order valence-corrected chi connectivity index (χ4v) is 4.50. The molecule has 1 aromatic heterocycles. The fourth-order valence-electron chi connectivity index (χ4n) is 4.50. The monoisotopic (exact) mass is 427 g/mol. The predicted octanol–water partition coefficient (Wildman–Crippen LogP) is 3.53. The summed E-state index contributed by atoms with van der Waals surface area (Å²) in [6.45, 7) is 2.19. The van der Waals surface area contributed by atoms with E-state index in [0.717, 1.165) is 37.3 Å². The first-order valence-corrected chi connectivity index (χ1v) is 11.0. The van der Waals surface area contributed by atoms with E-state index in [4.69, 9.17) is 0 Å². The summed E-state index contributed by atoms with van der Waals surface area (Å²) >= 11 is 0. The minimum atomic E-state index is -0.117. The number of aromatic nitrogens is 2. The van der Waals surface area contributed by atoms with E-state index in [1.165, 1.54) is 5.56 Å². The molecule has 2 aliphatic heterocycles. The van der Waals surface area contributed by atoms with Gasteiger partial charge in [-0.2, -0.15) is 0 Å². The van der Waals surface area contributed by atoms with E-state index in [-0.39, 0.29) is 17.7 Å². The fraction of sp³-hybridized carbons (Fsp3) is 0.280. The van der Waals surface area contributed by atoms with Gasteiger partial charge in [0.05, 0.1) is 12.1 Å².